The first-order chi connectivity index (χ1) is 7.86. The quantitative estimate of drug-likeness (QED) is 0.754. The van der Waals surface area contributed by atoms with Crippen LogP contribution >= 0.6 is 0 Å². The van der Waals surface area contributed by atoms with Gasteiger partial charge in [-0.05, 0) is 12.8 Å². The summed E-state index contributed by atoms with van der Waals surface area (Å²) >= 11 is 0. The molecule has 4 heteroatoms. The molecule has 0 amide bonds. The van der Waals surface area contributed by atoms with Crippen molar-refractivity contribution in [2.75, 3.05) is 0 Å². The lowest BCUT2D eigenvalue weighted by molar-refractivity contribution is 0.119. The van der Waals surface area contributed by atoms with E-state index in [9.17, 15) is 5.11 Å². The molecule has 2 rings (SSSR count). The second-order valence-electron chi connectivity index (χ2n) is 4.39. The van der Waals surface area contributed by atoms with Gasteiger partial charge in [0.15, 0.2) is 0 Å². The molecular formula is C12H19N3O. The van der Waals surface area contributed by atoms with E-state index in [0.717, 1.165) is 25.0 Å². The molecule has 0 saturated heterocycles. The average molecular weight is 221 g/mol. The van der Waals surface area contributed by atoms with Gasteiger partial charge in [-0.15, -0.1) is 0 Å². The third-order valence-electron chi connectivity index (χ3n) is 3.14. The lowest BCUT2D eigenvalue weighted by Gasteiger charge is -2.21. The Kier molecular flexibility index (Phi) is 4.25. The number of rotatable bonds is 3. The molecule has 2 atom stereocenters. The predicted octanol–water partition coefficient (Wildman–Crippen LogP) is 1.26. The topological polar surface area (TPSA) is 58.0 Å². The highest BCUT2D eigenvalue weighted by atomic mass is 16.3. The van der Waals surface area contributed by atoms with Crippen molar-refractivity contribution in [3.05, 3.63) is 24.3 Å². The van der Waals surface area contributed by atoms with Crippen molar-refractivity contribution in [2.45, 2.75) is 50.8 Å². The van der Waals surface area contributed by atoms with Gasteiger partial charge in [0.05, 0.1) is 11.8 Å². The SMILES string of the molecule is OC1CCCCCC1NCc1cnccn1. The molecule has 1 aromatic rings. The molecule has 1 saturated carbocycles. The second kappa shape index (κ2) is 5.92. The lowest BCUT2D eigenvalue weighted by Crippen LogP contribution is -2.38. The van der Waals surface area contributed by atoms with Crippen LogP contribution in [-0.2, 0) is 6.54 Å². The van der Waals surface area contributed by atoms with Crippen LogP contribution < -0.4 is 5.32 Å². The molecule has 0 bridgehead atoms. The van der Waals surface area contributed by atoms with Gasteiger partial charge in [0.1, 0.15) is 0 Å². The van der Waals surface area contributed by atoms with E-state index >= 15 is 0 Å². The maximum atomic E-state index is 9.93. The van der Waals surface area contributed by atoms with Gasteiger partial charge in [0.25, 0.3) is 0 Å². The highest BCUT2D eigenvalue weighted by Gasteiger charge is 2.20. The molecule has 1 heterocycles. The lowest BCUT2D eigenvalue weighted by atomic mass is 10.1. The first-order valence-electron chi connectivity index (χ1n) is 6.02. The van der Waals surface area contributed by atoms with Crippen molar-refractivity contribution in [3.8, 4) is 0 Å². The van der Waals surface area contributed by atoms with Crippen LogP contribution in [0.2, 0.25) is 0 Å². The van der Waals surface area contributed by atoms with Crippen LogP contribution in [0, 0.1) is 0 Å². The normalized spacial score (nSPS) is 26.3. The van der Waals surface area contributed by atoms with Gasteiger partial charge in [0.2, 0.25) is 0 Å². The van der Waals surface area contributed by atoms with E-state index in [1.807, 2.05) is 0 Å². The van der Waals surface area contributed by atoms with Gasteiger partial charge in [-0.25, -0.2) is 0 Å². The van der Waals surface area contributed by atoms with E-state index in [2.05, 4.69) is 15.3 Å². The standard InChI is InChI=1S/C12H19N3O/c16-12-5-3-1-2-4-11(12)15-9-10-8-13-6-7-14-10/h6-8,11-12,15-16H,1-5,9H2. The zero-order chi connectivity index (χ0) is 11.2. The van der Waals surface area contributed by atoms with Crippen molar-refractivity contribution >= 4 is 0 Å². The van der Waals surface area contributed by atoms with Crippen LogP contribution in [0.1, 0.15) is 37.8 Å². The summed E-state index contributed by atoms with van der Waals surface area (Å²) in [6, 6.07) is 0.213. The fourth-order valence-corrected chi connectivity index (χ4v) is 2.18. The minimum Gasteiger partial charge on any atom is -0.392 e. The van der Waals surface area contributed by atoms with Gasteiger partial charge in [-0.1, -0.05) is 19.3 Å². The van der Waals surface area contributed by atoms with E-state index in [4.69, 9.17) is 0 Å². The Labute approximate surface area is 96.1 Å². The van der Waals surface area contributed by atoms with Gasteiger partial charge < -0.3 is 10.4 Å². The zero-order valence-corrected chi connectivity index (χ0v) is 9.47. The Hall–Kier alpha value is -1.00. The molecule has 0 radical (unpaired) electrons. The molecule has 88 valence electrons. The van der Waals surface area contributed by atoms with Crippen LogP contribution in [-0.4, -0.2) is 27.2 Å². The number of aliphatic hydroxyl groups is 1. The Balaban J connectivity index is 1.84. The maximum absolute atomic E-state index is 9.93. The summed E-state index contributed by atoms with van der Waals surface area (Å²) < 4.78 is 0. The van der Waals surface area contributed by atoms with Gasteiger partial charge in [-0.2, -0.15) is 0 Å². The third-order valence-corrected chi connectivity index (χ3v) is 3.14. The van der Waals surface area contributed by atoms with Crippen molar-refractivity contribution in [2.24, 2.45) is 0 Å². The van der Waals surface area contributed by atoms with E-state index in [0.29, 0.717) is 6.54 Å². The van der Waals surface area contributed by atoms with Crippen molar-refractivity contribution < 1.29 is 5.11 Å². The van der Waals surface area contributed by atoms with Gasteiger partial charge in [0, 0.05) is 31.2 Å². The summed E-state index contributed by atoms with van der Waals surface area (Å²) in [6.45, 7) is 0.690. The Bertz CT molecular complexity index is 304. The monoisotopic (exact) mass is 221 g/mol. The Morgan fingerprint density at radius 3 is 2.94 bits per heavy atom. The summed E-state index contributed by atoms with van der Waals surface area (Å²) in [7, 11) is 0. The van der Waals surface area contributed by atoms with Gasteiger partial charge in [-0.3, -0.25) is 9.97 Å². The summed E-state index contributed by atoms with van der Waals surface area (Å²) in [5.74, 6) is 0. The van der Waals surface area contributed by atoms with E-state index < -0.39 is 0 Å². The van der Waals surface area contributed by atoms with Crippen LogP contribution in [0.5, 0.6) is 0 Å². The van der Waals surface area contributed by atoms with Gasteiger partial charge >= 0.3 is 0 Å². The molecule has 2 unspecified atom stereocenters. The molecule has 1 aliphatic carbocycles. The number of nitrogens with zero attached hydrogens (tertiary/aromatic N) is 2. The first kappa shape index (κ1) is 11.5. The van der Waals surface area contributed by atoms with Crippen LogP contribution in [0.4, 0.5) is 0 Å². The number of hydrogen-bond acceptors (Lipinski definition) is 4. The Morgan fingerprint density at radius 2 is 2.12 bits per heavy atom. The summed E-state index contributed by atoms with van der Waals surface area (Å²) in [5.41, 5.74) is 0.930. The summed E-state index contributed by atoms with van der Waals surface area (Å²) in [4.78, 5) is 8.23. The molecule has 2 N–H and O–H groups in total. The summed E-state index contributed by atoms with van der Waals surface area (Å²) in [5, 5.41) is 13.3. The van der Waals surface area contributed by atoms with Crippen molar-refractivity contribution in [1.82, 2.24) is 15.3 Å². The van der Waals surface area contributed by atoms with E-state index in [1.165, 1.54) is 12.8 Å². The number of hydrogen-bond donors (Lipinski definition) is 2. The van der Waals surface area contributed by atoms with Crippen LogP contribution in [0.25, 0.3) is 0 Å². The smallest absolute Gasteiger partial charge is 0.0724 e. The number of nitrogens with one attached hydrogen (secondary N) is 1. The highest BCUT2D eigenvalue weighted by molar-refractivity contribution is 4.95. The number of aromatic nitrogens is 2. The van der Waals surface area contributed by atoms with Crippen molar-refractivity contribution in [1.29, 1.82) is 0 Å². The predicted molar refractivity (Wildman–Crippen MR) is 61.8 cm³/mol. The minimum atomic E-state index is -0.209. The van der Waals surface area contributed by atoms with Crippen LogP contribution in [0.3, 0.4) is 0 Å². The molecule has 1 fully saturated rings. The van der Waals surface area contributed by atoms with E-state index in [-0.39, 0.29) is 12.1 Å². The minimum absolute atomic E-state index is 0.209. The third kappa shape index (κ3) is 3.25. The van der Waals surface area contributed by atoms with Crippen LogP contribution in [0.15, 0.2) is 18.6 Å². The molecule has 1 aliphatic rings. The molecule has 0 spiro atoms. The highest BCUT2D eigenvalue weighted by Crippen LogP contribution is 2.18. The zero-order valence-electron chi connectivity index (χ0n) is 9.47. The molecule has 0 aromatic carbocycles. The molecular weight excluding hydrogens is 202 g/mol. The molecule has 16 heavy (non-hydrogen) atoms. The number of aliphatic hydroxyl groups excluding tert-OH is 1. The fourth-order valence-electron chi connectivity index (χ4n) is 2.18. The second-order valence-corrected chi connectivity index (χ2v) is 4.39. The van der Waals surface area contributed by atoms with E-state index in [1.54, 1.807) is 18.6 Å². The molecule has 4 nitrogen and oxygen atoms in total. The largest absolute Gasteiger partial charge is 0.392 e. The first-order valence-corrected chi connectivity index (χ1v) is 6.02. The Morgan fingerprint density at radius 1 is 1.25 bits per heavy atom. The summed E-state index contributed by atoms with van der Waals surface area (Å²) in [6.07, 6.45) is 10.5. The molecule has 0 aliphatic heterocycles. The fraction of sp³-hybridized carbons (Fsp3) is 0.667. The maximum Gasteiger partial charge on any atom is 0.0724 e. The van der Waals surface area contributed by atoms with Crippen molar-refractivity contribution in [3.63, 3.8) is 0 Å². The average Bonchev–Trinajstić information content (AvgIpc) is 2.53. The molecule has 1 aromatic heterocycles.